The van der Waals surface area contributed by atoms with Gasteiger partial charge >= 0.3 is 0 Å². The summed E-state index contributed by atoms with van der Waals surface area (Å²) in [5.41, 5.74) is 1.17. The monoisotopic (exact) mass is 331 g/mol. The highest BCUT2D eigenvalue weighted by atomic mass is 16.5. The van der Waals surface area contributed by atoms with Gasteiger partial charge in [0.05, 0.1) is 24.2 Å². The molecule has 1 atom stereocenters. The number of ether oxygens (including phenoxy) is 1. The van der Waals surface area contributed by atoms with Crippen LogP contribution in [0, 0.1) is 0 Å². The van der Waals surface area contributed by atoms with E-state index in [0.717, 1.165) is 38.8 Å². The van der Waals surface area contributed by atoms with Crippen molar-refractivity contribution in [2.24, 2.45) is 0 Å². The maximum Gasteiger partial charge on any atom is 0.223 e. The van der Waals surface area contributed by atoms with Crippen LogP contribution in [0.3, 0.4) is 0 Å². The lowest BCUT2D eigenvalue weighted by atomic mass is 9.92. The summed E-state index contributed by atoms with van der Waals surface area (Å²) < 4.78 is 8.35. The molecule has 24 heavy (non-hydrogen) atoms. The molecular formula is C19H29N3O2. The Bertz CT molecular complexity index is 571. The second-order valence-electron chi connectivity index (χ2n) is 7.78. The average Bonchev–Trinajstić information content (AvgIpc) is 3.24. The van der Waals surface area contributed by atoms with Gasteiger partial charge < -0.3 is 14.2 Å². The van der Waals surface area contributed by atoms with Crippen molar-refractivity contribution in [2.75, 3.05) is 13.2 Å². The Morgan fingerprint density at radius 1 is 1.17 bits per heavy atom. The van der Waals surface area contributed by atoms with E-state index in [9.17, 15) is 4.79 Å². The molecule has 132 valence electrons. The van der Waals surface area contributed by atoms with Gasteiger partial charge in [-0.15, -0.1) is 0 Å². The lowest BCUT2D eigenvalue weighted by Gasteiger charge is -2.28. The number of carbonyl (C=O) groups excluding carboxylic acids is 1. The molecule has 0 aromatic carbocycles. The van der Waals surface area contributed by atoms with Gasteiger partial charge in [0.2, 0.25) is 5.91 Å². The van der Waals surface area contributed by atoms with Gasteiger partial charge in [-0.2, -0.15) is 0 Å². The Balaban J connectivity index is 1.45. The molecule has 1 aromatic rings. The Morgan fingerprint density at radius 3 is 2.83 bits per heavy atom. The van der Waals surface area contributed by atoms with Gasteiger partial charge in [-0.25, -0.2) is 4.98 Å². The van der Waals surface area contributed by atoms with E-state index in [1.54, 1.807) is 0 Å². The summed E-state index contributed by atoms with van der Waals surface area (Å²) >= 11 is 0. The molecule has 1 saturated carbocycles. The van der Waals surface area contributed by atoms with E-state index in [0.29, 0.717) is 19.0 Å². The van der Waals surface area contributed by atoms with Crippen LogP contribution in [0.25, 0.3) is 0 Å². The highest BCUT2D eigenvalue weighted by Gasteiger charge is 2.38. The van der Waals surface area contributed by atoms with Crippen LogP contribution in [0.4, 0.5) is 0 Å². The quantitative estimate of drug-likeness (QED) is 0.852. The number of likely N-dealkylation sites (tertiary alicyclic amines) is 1. The number of aromatic nitrogens is 2. The van der Waals surface area contributed by atoms with E-state index in [1.165, 1.54) is 37.8 Å². The number of nitrogens with zero attached hydrogens (tertiary/aromatic N) is 3. The Kier molecular flexibility index (Phi) is 4.61. The van der Waals surface area contributed by atoms with E-state index < -0.39 is 0 Å². The number of amides is 1. The molecule has 1 aromatic heterocycles. The Hall–Kier alpha value is -1.36. The number of hydrogen-bond acceptors (Lipinski definition) is 3. The summed E-state index contributed by atoms with van der Waals surface area (Å²) in [6, 6.07) is 0.572. The van der Waals surface area contributed by atoms with Crippen molar-refractivity contribution in [1.82, 2.24) is 14.5 Å². The Labute approximate surface area is 144 Å². The summed E-state index contributed by atoms with van der Waals surface area (Å²) in [5.74, 6) is 0.277. The lowest BCUT2D eigenvalue weighted by Crippen LogP contribution is -2.33. The minimum absolute atomic E-state index is 0.0198. The second kappa shape index (κ2) is 6.87. The topological polar surface area (TPSA) is 47.4 Å². The summed E-state index contributed by atoms with van der Waals surface area (Å²) in [5, 5.41) is 0. The summed E-state index contributed by atoms with van der Waals surface area (Å²) in [6.45, 7) is 2.38. The molecule has 4 rings (SSSR count). The van der Waals surface area contributed by atoms with Crippen molar-refractivity contribution < 1.29 is 9.53 Å². The molecule has 5 nitrogen and oxygen atoms in total. The summed E-state index contributed by atoms with van der Waals surface area (Å²) in [4.78, 5) is 19.0. The van der Waals surface area contributed by atoms with Crippen LogP contribution < -0.4 is 0 Å². The first-order valence-corrected chi connectivity index (χ1v) is 9.68. The standard InChI is InChI=1S/C19H29N3O2/c23-18-7-9-19(8-4-12-24-19)10-11-21(18)14-17-13-20-15-22(17)16-5-2-1-3-6-16/h13,15-16H,1-12,14H2. The van der Waals surface area contributed by atoms with Crippen molar-refractivity contribution in [3.05, 3.63) is 18.2 Å². The molecule has 1 spiro atoms. The zero-order valence-corrected chi connectivity index (χ0v) is 14.6. The van der Waals surface area contributed by atoms with Crippen LogP contribution in [0.1, 0.15) is 75.9 Å². The van der Waals surface area contributed by atoms with E-state index in [1.807, 2.05) is 17.4 Å². The van der Waals surface area contributed by atoms with Gasteiger partial charge in [-0.1, -0.05) is 19.3 Å². The van der Waals surface area contributed by atoms with Crippen LogP contribution >= 0.6 is 0 Å². The fourth-order valence-corrected chi connectivity index (χ4v) is 4.74. The maximum atomic E-state index is 12.6. The first kappa shape index (κ1) is 16.1. The van der Waals surface area contributed by atoms with Crippen LogP contribution in [-0.4, -0.2) is 39.1 Å². The summed E-state index contributed by atoms with van der Waals surface area (Å²) in [7, 11) is 0. The third-order valence-corrected chi connectivity index (χ3v) is 6.24. The normalized spacial score (nSPS) is 29.3. The van der Waals surface area contributed by atoms with Crippen molar-refractivity contribution >= 4 is 5.91 Å². The highest BCUT2D eigenvalue weighted by molar-refractivity contribution is 5.76. The first-order chi connectivity index (χ1) is 11.8. The molecule has 1 aliphatic carbocycles. The number of hydrogen-bond donors (Lipinski definition) is 0. The van der Waals surface area contributed by atoms with Gasteiger partial charge in [0.1, 0.15) is 0 Å². The van der Waals surface area contributed by atoms with E-state index in [2.05, 4.69) is 9.55 Å². The summed E-state index contributed by atoms with van der Waals surface area (Å²) in [6.07, 6.45) is 15.1. The van der Waals surface area contributed by atoms with Crippen molar-refractivity contribution in [3.8, 4) is 0 Å². The maximum absolute atomic E-state index is 12.6. The molecule has 3 heterocycles. The van der Waals surface area contributed by atoms with Gasteiger partial charge in [-0.05, 0) is 38.5 Å². The smallest absolute Gasteiger partial charge is 0.223 e. The third-order valence-electron chi connectivity index (χ3n) is 6.24. The van der Waals surface area contributed by atoms with E-state index in [-0.39, 0.29) is 11.5 Å². The Morgan fingerprint density at radius 2 is 2.04 bits per heavy atom. The molecule has 1 amide bonds. The molecule has 3 aliphatic rings. The van der Waals surface area contributed by atoms with E-state index >= 15 is 0 Å². The van der Waals surface area contributed by atoms with Crippen LogP contribution in [0.5, 0.6) is 0 Å². The molecule has 3 fully saturated rings. The largest absolute Gasteiger partial charge is 0.375 e. The number of carbonyl (C=O) groups is 1. The van der Waals surface area contributed by atoms with E-state index in [4.69, 9.17) is 4.74 Å². The fraction of sp³-hybridized carbons (Fsp3) is 0.789. The van der Waals surface area contributed by atoms with Crippen molar-refractivity contribution in [1.29, 1.82) is 0 Å². The lowest BCUT2D eigenvalue weighted by molar-refractivity contribution is -0.131. The predicted octanol–water partition coefficient (Wildman–Crippen LogP) is 3.45. The molecule has 0 radical (unpaired) electrons. The zero-order valence-electron chi connectivity index (χ0n) is 14.6. The van der Waals surface area contributed by atoms with Gasteiger partial charge in [0.25, 0.3) is 0 Å². The third kappa shape index (κ3) is 3.23. The average molecular weight is 331 g/mol. The molecular weight excluding hydrogens is 302 g/mol. The fourth-order valence-electron chi connectivity index (χ4n) is 4.74. The molecule has 5 heteroatoms. The van der Waals surface area contributed by atoms with Gasteiger partial charge in [-0.3, -0.25) is 4.79 Å². The zero-order chi connectivity index (χ0) is 16.4. The number of imidazole rings is 1. The molecule has 2 aliphatic heterocycles. The molecule has 1 unspecified atom stereocenters. The van der Waals surface area contributed by atoms with Gasteiger partial charge in [0, 0.05) is 31.8 Å². The van der Waals surface area contributed by atoms with Crippen LogP contribution in [-0.2, 0) is 16.1 Å². The minimum atomic E-state index is -0.0198. The van der Waals surface area contributed by atoms with Crippen molar-refractivity contribution in [3.63, 3.8) is 0 Å². The first-order valence-electron chi connectivity index (χ1n) is 9.68. The SMILES string of the molecule is O=C1CCC2(CCCO2)CCN1Cc1cncn1C1CCCCC1. The van der Waals surface area contributed by atoms with Crippen LogP contribution in [0.2, 0.25) is 0 Å². The van der Waals surface area contributed by atoms with Crippen LogP contribution in [0.15, 0.2) is 12.5 Å². The highest BCUT2D eigenvalue weighted by Crippen LogP contribution is 2.36. The molecule has 0 bridgehead atoms. The molecule has 2 saturated heterocycles. The van der Waals surface area contributed by atoms with Crippen molar-refractivity contribution in [2.45, 2.75) is 82.4 Å². The predicted molar refractivity (Wildman–Crippen MR) is 91.5 cm³/mol. The second-order valence-corrected chi connectivity index (χ2v) is 7.78. The minimum Gasteiger partial charge on any atom is -0.375 e. The number of rotatable bonds is 3. The van der Waals surface area contributed by atoms with Gasteiger partial charge in [0.15, 0.2) is 0 Å². The molecule has 0 N–H and O–H groups in total.